The smallest absolute Gasteiger partial charge is 0.407 e. The number of fused-ring (bicyclic) bond motifs is 5. The van der Waals surface area contributed by atoms with Gasteiger partial charge in [0.2, 0.25) is 0 Å². The molecule has 0 bridgehead atoms. The third-order valence-electron chi connectivity index (χ3n) is 12.3. The second-order valence-electron chi connectivity index (χ2n) is 16.9. The summed E-state index contributed by atoms with van der Waals surface area (Å²) in [5.74, 6) is 5.04. The van der Waals surface area contributed by atoms with E-state index in [9.17, 15) is 9.59 Å². The molecule has 5 heteroatoms. The predicted octanol–water partition coefficient (Wildman–Crippen LogP) is 10.0. The number of amides is 1. The van der Waals surface area contributed by atoms with Crippen LogP contribution in [-0.2, 0) is 14.3 Å². The van der Waals surface area contributed by atoms with E-state index >= 15 is 0 Å². The summed E-state index contributed by atoms with van der Waals surface area (Å²) in [7, 11) is 0. The molecule has 43 heavy (non-hydrogen) atoms. The molecule has 0 spiro atoms. The first-order valence-corrected chi connectivity index (χ1v) is 18.1. The minimum atomic E-state index is -0.484. The zero-order valence-electron chi connectivity index (χ0n) is 29.1. The van der Waals surface area contributed by atoms with Gasteiger partial charge in [0.1, 0.15) is 11.7 Å². The number of hydrogen-bond acceptors (Lipinski definition) is 4. The molecule has 0 radical (unpaired) electrons. The highest BCUT2D eigenvalue weighted by atomic mass is 16.6. The zero-order valence-corrected chi connectivity index (χ0v) is 29.1. The van der Waals surface area contributed by atoms with E-state index in [1.165, 1.54) is 51.4 Å². The van der Waals surface area contributed by atoms with Gasteiger partial charge in [-0.3, -0.25) is 4.79 Å². The Morgan fingerprint density at radius 3 is 2.44 bits per heavy atom. The predicted molar refractivity (Wildman–Crippen MR) is 176 cm³/mol. The van der Waals surface area contributed by atoms with Crippen LogP contribution in [0.25, 0.3) is 0 Å². The molecule has 4 unspecified atom stereocenters. The maximum atomic E-state index is 12.7. The molecule has 1 amide bonds. The van der Waals surface area contributed by atoms with Crippen molar-refractivity contribution in [3.8, 4) is 0 Å². The molecule has 4 aliphatic carbocycles. The van der Waals surface area contributed by atoms with Crippen LogP contribution < -0.4 is 5.32 Å². The van der Waals surface area contributed by atoms with Gasteiger partial charge in [0.05, 0.1) is 0 Å². The van der Waals surface area contributed by atoms with Crippen LogP contribution in [0.1, 0.15) is 152 Å². The monoisotopic (exact) mass is 599 g/mol. The number of nitrogens with one attached hydrogen (secondary N) is 1. The van der Waals surface area contributed by atoms with Gasteiger partial charge >= 0.3 is 12.1 Å². The molecule has 0 saturated heterocycles. The second kappa shape index (κ2) is 14.3. The lowest BCUT2D eigenvalue weighted by atomic mass is 9.47. The van der Waals surface area contributed by atoms with Crippen LogP contribution >= 0.6 is 0 Å². The van der Waals surface area contributed by atoms with Crippen molar-refractivity contribution in [3.05, 3.63) is 11.6 Å². The fourth-order valence-corrected chi connectivity index (χ4v) is 10.1. The third-order valence-corrected chi connectivity index (χ3v) is 12.3. The summed E-state index contributed by atoms with van der Waals surface area (Å²) in [6.07, 6.45) is 19.4. The van der Waals surface area contributed by atoms with E-state index < -0.39 is 5.60 Å². The Morgan fingerprint density at radius 1 is 0.953 bits per heavy atom. The molecule has 0 aromatic carbocycles. The summed E-state index contributed by atoms with van der Waals surface area (Å²) >= 11 is 0. The average Bonchev–Trinajstić information content (AvgIpc) is 3.27. The Labute approximate surface area is 264 Å². The number of ether oxygens (including phenoxy) is 2. The fourth-order valence-electron chi connectivity index (χ4n) is 10.1. The Balaban J connectivity index is 1.23. The van der Waals surface area contributed by atoms with E-state index in [0.717, 1.165) is 74.0 Å². The van der Waals surface area contributed by atoms with Crippen molar-refractivity contribution in [1.29, 1.82) is 0 Å². The number of carbonyl (C=O) groups excluding carboxylic acids is 2. The number of alkyl carbamates (subject to hydrolysis) is 1. The van der Waals surface area contributed by atoms with Gasteiger partial charge < -0.3 is 14.8 Å². The number of unbranched alkanes of at least 4 members (excludes halogenated alkanes) is 2. The lowest BCUT2D eigenvalue weighted by molar-refractivity contribution is -0.151. The molecule has 4 aliphatic rings. The van der Waals surface area contributed by atoms with Crippen molar-refractivity contribution in [2.24, 2.45) is 46.3 Å². The van der Waals surface area contributed by atoms with Gasteiger partial charge in [-0.25, -0.2) is 4.79 Å². The molecule has 5 nitrogen and oxygen atoms in total. The summed E-state index contributed by atoms with van der Waals surface area (Å²) in [5.41, 5.74) is 1.92. The van der Waals surface area contributed by atoms with Crippen molar-refractivity contribution in [2.45, 2.75) is 163 Å². The Kier molecular flexibility index (Phi) is 11.4. The molecule has 0 aromatic rings. The SMILES string of the molecule is CC(C)CCC[C@@H](C)[C@H]1CCC2C3CC=C4CC(OC(=O)CCCCCNC(=O)OC(C)(C)C)CC[C@]4(C)C3CC[C@@]21C. The molecule has 0 aliphatic heterocycles. The number of esters is 1. The highest BCUT2D eigenvalue weighted by molar-refractivity contribution is 5.69. The number of rotatable bonds is 12. The van der Waals surface area contributed by atoms with E-state index in [1.54, 1.807) is 5.57 Å². The minimum Gasteiger partial charge on any atom is -0.462 e. The maximum absolute atomic E-state index is 12.7. The van der Waals surface area contributed by atoms with Gasteiger partial charge in [-0.05, 0) is 125 Å². The summed E-state index contributed by atoms with van der Waals surface area (Å²) < 4.78 is 11.3. The van der Waals surface area contributed by atoms with Crippen molar-refractivity contribution in [2.75, 3.05) is 6.54 Å². The number of hydrogen-bond donors (Lipinski definition) is 1. The van der Waals surface area contributed by atoms with E-state index in [1.807, 2.05) is 20.8 Å². The average molecular weight is 600 g/mol. The summed E-state index contributed by atoms with van der Waals surface area (Å²) in [6.45, 7) is 18.7. The van der Waals surface area contributed by atoms with Crippen LogP contribution in [0, 0.1) is 46.3 Å². The van der Waals surface area contributed by atoms with Gasteiger partial charge in [0, 0.05) is 19.4 Å². The van der Waals surface area contributed by atoms with Crippen LogP contribution in [0.4, 0.5) is 4.79 Å². The molecule has 246 valence electrons. The van der Waals surface area contributed by atoms with Crippen LogP contribution in [-0.4, -0.2) is 30.3 Å². The topological polar surface area (TPSA) is 64.6 Å². The molecule has 3 fully saturated rings. The Bertz CT molecular complexity index is 981. The first kappa shape index (κ1) is 34.4. The molecule has 0 heterocycles. The number of carbonyl (C=O) groups is 2. The third kappa shape index (κ3) is 8.40. The Morgan fingerprint density at radius 2 is 1.72 bits per heavy atom. The molecule has 3 saturated carbocycles. The second-order valence-corrected chi connectivity index (χ2v) is 16.9. The zero-order chi connectivity index (χ0) is 31.4. The van der Waals surface area contributed by atoms with Crippen LogP contribution in [0.5, 0.6) is 0 Å². The normalized spacial score (nSPS) is 34.4. The molecule has 8 atom stereocenters. The largest absolute Gasteiger partial charge is 0.462 e. The Hall–Kier alpha value is -1.52. The maximum Gasteiger partial charge on any atom is 0.407 e. The van der Waals surface area contributed by atoms with Gasteiger partial charge in [-0.15, -0.1) is 0 Å². The van der Waals surface area contributed by atoms with E-state index in [4.69, 9.17) is 9.47 Å². The lowest BCUT2D eigenvalue weighted by Crippen LogP contribution is -2.51. The van der Waals surface area contributed by atoms with Gasteiger partial charge in [-0.2, -0.15) is 0 Å². The van der Waals surface area contributed by atoms with Gasteiger partial charge in [0.25, 0.3) is 0 Å². The standard InChI is InChI=1S/C38H65NO4/c1-26(2)13-12-14-27(3)31-18-19-32-30-17-16-28-25-29(20-22-37(28,7)33(30)21-23-38(31,32)8)42-34(40)15-10-9-11-24-39-35(41)43-36(4,5)6/h16,26-27,29-33H,9-15,17-25H2,1-8H3,(H,39,41)/t27-,29?,30?,31-,32?,33?,37+,38-/m1/s1. The highest BCUT2D eigenvalue weighted by Crippen LogP contribution is 2.67. The van der Waals surface area contributed by atoms with Crippen LogP contribution in [0.3, 0.4) is 0 Å². The van der Waals surface area contributed by atoms with Crippen LogP contribution in [0.2, 0.25) is 0 Å². The van der Waals surface area contributed by atoms with E-state index in [0.29, 0.717) is 18.4 Å². The van der Waals surface area contributed by atoms with Crippen LogP contribution in [0.15, 0.2) is 11.6 Å². The quantitative estimate of drug-likeness (QED) is 0.138. The minimum absolute atomic E-state index is 0.0358. The molecule has 0 aromatic heterocycles. The molecular weight excluding hydrogens is 534 g/mol. The van der Waals surface area contributed by atoms with Crippen molar-refractivity contribution >= 4 is 12.1 Å². The first-order chi connectivity index (χ1) is 20.2. The number of allylic oxidation sites excluding steroid dienone is 1. The first-order valence-electron chi connectivity index (χ1n) is 18.1. The summed E-state index contributed by atoms with van der Waals surface area (Å²) in [5, 5.41) is 2.79. The molecular formula is C38H65NO4. The summed E-state index contributed by atoms with van der Waals surface area (Å²) in [4.78, 5) is 24.4. The van der Waals surface area contributed by atoms with Crippen molar-refractivity contribution in [3.63, 3.8) is 0 Å². The van der Waals surface area contributed by atoms with Gasteiger partial charge in [-0.1, -0.05) is 72.0 Å². The van der Waals surface area contributed by atoms with Crippen molar-refractivity contribution in [1.82, 2.24) is 5.32 Å². The lowest BCUT2D eigenvalue weighted by Gasteiger charge is -2.58. The highest BCUT2D eigenvalue weighted by Gasteiger charge is 2.59. The summed E-state index contributed by atoms with van der Waals surface area (Å²) in [6, 6.07) is 0. The van der Waals surface area contributed by atoms with E-state index in [-0.39, 0.29) is 23.6 Å². The molecule has 1 N–H and O–H groups in total. The van der Waals surface area contributed by atoms with Gasteiger partial charge in [0.15, 0.2) is 0 Å². The van der Waals surface area contributed by atoms with E-state index in [2.05, 4.69) is 46.0 Å². The fraction of sp³-hybridized carbons (Fsp3) is 0.895. The van der Waals surface area contributed by atoms with Crippen molar-refractivity contribution < 1.29 is 19.1 Å². The molecule has 4 rings (SSSR count).